The Morgan fingerprint density at radius 3 is 2.74 bits per heavy atom. The Balaban J connectivity index is 2.64. The van der Waals surface area contributed by atoms with E-state index in [1.807, 2.05) is 36.6 Å². The van der Waals surface area contributed by atoms with Crippen LogP contribution in [0.2, 0.25) is 0 Å². The molecule has 1 aromatic rings. The Morgan fingerprint density at radius 1 is 1.47 bits per heavy atom. The molecule has 0 aliphatic rings. The lowest BCUT2D eigenvalue weighted by molar-refractivity contribution is -0.150. The molecule has 0 saturated carbocycles. The third-order valence-corrected chi connectivity index (χ3v) is 3.32. The largest absolute Gasteiger partial charge is 0.460 e. The fraction of sp³-hybridized carbons (Fsp3) is 0.462. The topological polar surface area (TPSA) is 75.1 Å². The smallest absolute Gasteiger partial charge is 0.318 e. The number of hydrogen-bond acceptors (Lipinski definition) is 4. The second-order valence-corrected chi connectivity index (χ2v) is 5.25. The van der Waals surface area contributed by atoms with Gasteiger partial charge in [-0.2, -0.15) is 11.8 Å². The van der Waals surface area contributed by atoms with E-state index >= 15 is 0 Å². The van der Waals surface area contributed by atoms with E-state index in [-0.39, 0.29) is 6.61 Å². The van der Waals surface area contributed by atoms with Gasteiger partial charge in [-0.05, 0) is 36.4 Å². The van der Waals surface area contributed by atoms with Crippen molar-refractivity contribution in [1.82, 2.24) is 0 Å². The van der Waals surface area contributed by atoms with Crippen molar-refractivity contribution in [3.05, 3.63) is 46.3 Å². The zero-order valence-corrected chi connectivity index (χ0v) is 11.9. The Labute approximate surface area is 117 Å². The molecule has 0 amide bonds. The van der Waals surface area contributed by atoms with Gasteiger partial charge in [0, 0.05) is 4.91 Å². The van der Waals surface area contributed by atoms with Crippen LogP contribution < -0.4 is 0 Å². The molecular formula is C13H17N3O2S. The van der Waals surface area contributed by atoms with Crippen LogP contribution >= 0.6 is 11.8 Å². The number of hydrogen-bond donors (Lipinski definition) is 0. The van der Waals surface area contributed by atoms with Crippen molar-refractivity contribution in [2.75, 3.05) is 12.0 Å². The molecule has 1 unspecified atom stereocenters. The molecule has 6 heteroatoms. The van der Waals surface area contributed by atoms with Gasteiger partial charge in [0.15, 0.2) is 0 Å². The van der Waals surface area contributed by atoms with E-state index in [0.29, 0.717) is 6.42 Å². The minimum atomic E-state index is -1.13. The molecule has 19 heavy (non-hydrogen) atoms. The lowest BCUT2D eigenvalue weighted by Gasteiger charge is -2.21. The Kier molecular flexibility index (Phi) is 6.25. The van der Waals surface area contributed by atoms with E-state index in [9.17, 15) is 4.79 Å². The molecular weight excluding hydrogens is 262 g/mol. The molecule has 102 valence electrons. The van der Waals surface area contributed by atoms with Crippen LogP contribution in [-0.4, -0.2) is 23.5 Å². The Hall–Kier alpha value is -1.65. The molecule has 0 spiro atoms. The standard InChI is InChI=1S/C13H17N3O2S/c1-13(15-16-14,8-9-19-2)12(17)18-10-11-6-4-3-5-7-11/h3-7H,8-10H2,1-2H3. The highest BCUT2D eigenvalue weighted by atomic mass is 32.2. The average molecular weight is 279 g/mol. The minimum absolute atomic E-state index is 0.190. The first-order valence-corrected chi connectivity index (χ1v) is 7.28. The van der Waals surface area contributed by atoms with E-state index < -0.39 is 11.5 Å². The number of carbonyl (C=O) groups is 1. The summed E-state index contributed by atoms with van der Waals surface area (Å²) in [5.74, 6) is 0.249. The number of carbonyl (C=O) groups excluding carboxylic acids is 1. The molecule has 0 bridgehead atoms. The summed E-state index contributed by atoms with van der Waals surface area (Å²) in [5.41, 5.74) is 8.35. The fourth-order valence-electron chi connectivity index (χ4n) is 1.47. The molecule has 0 radical (unpaired) electrons. The van der Waals surface area contributed by atoms with Gasteiger partial charge in [-0.15, -0.1) is 0 Å². The van der Waals surface area contributed by atoms with E-state index in [1.54, 1.807) is 18.7 Å². The lowest BCUT2D eigenvalue weighted by Crippen LogP contribution is -2.35. The van der Waals surface area contributed by atoms with Crippen LogP contribution in [0.1, 0.15) is 18.9 Å². The van der Waals surface area contributed by atoms with Gasteiger partial charge in [-0.3, -0.25) is 4.79 Å². The first-order valence-electron chi connectivity index (χ1n) is 5.89. The maximum atomic E-state index is 12.0. The van der Waals surface area contributed by atoms with Gasteiger partial charge in [0.2, 0.25) is 0 Å². The number of benzene rings is 1. The maximum Gasteiger partial charge on any atom is 0.318 e. The van der Waals surface area contributed by atoms with Crippen molar-refractivity contribution in [1.29, 1.82) is 0 Å². The van der Waals surface area contributed by atoms with E-state index in [0.717, 1.165) is 11.3 Å². The van der Waals surface area contributed by atoms with Gasteiger partial charge < -0.3 is 4.74 Å². The first-order chi connectivity index (χ1) is 9.12. The SMILES string of the molecule is CSCCC(C)(N=[N+]=[N-])C(=O)OCc1ccccc1. The Morgan fingerprint density at radius 2 is 2.16 bits per heavy atom. The summed E-state index contributed by atoms with van der Waals surface area (Å²) >= 11 is 1.60. The quantitative estimate of drug-likeness (QED) is 0.331. The van der Waals surface area contributed by atoms with Gasteiger partial charge in [-0.25, -0.2) is 0 Å². The molecule has 0 aliphatic heterocycles. The van der Waals surface area contributed by atoms with Crippen molar-refractivity contribution in [3.63, 3.8) is 0 Å². The second-order valence-electron chi connectivity index (χ2n) is 4.27. The van der Waals surface area contributed by atoms with Crippen LogP contribution in [0.25, 0.3) is 10.4 Å². The number of azide groups is 1. The zero-order chi connectivity index (χ0) is 14.1. The number of rotatable bonds is 7. The van der Waals surface area contributed by atoms with Crippen molar-refractivity contribution < 1.29 is 9.53 Å². The predicted molar refractivity (Wildman–Crippen MR) is 76.8 cm³/mol. The van der Waals surface area contributed by atoms with Crippen molar-refractivity contribution in [2.45, 2.75) is 25.5 Å². The monoisotopic (exact) mass is 279 g/mol. The predicted octanol–water partition coefficient (Wildman–Crippen LogP) is 3.55. The van der Waals surface area contributed by atoms with E-state index in [1.165, 1.54) is 0 Å². The molecule has 1 atom stereocenters. The van der Waals surface area contributed by atoms with Crippen molar-refractivity contribution in [3.8, 4) is 0 Å². The molecule has 0 fully saturated rings. The molecule has 0 aromatic heterocycles. The molecule has 0 aliphatic carbocycles. The third kappa shape index (κ3) is 4.85. The summed E-state index contributed by atoms with van der Waals surface area (Å²) in [7, 11) is 0. The Bertz CT molecular complexity index is 460. The van der Waals surface area contributed by atoms with Crippen LogP contribution in [0.4, 0.5) is 0 Å². The maximum absolute atomic E-state index is 12.0. The highest BCUT2D eigenvalue weighted by Crippen LogP contribution is 2.21. The summed E-state index contributed by atoms with van der Waals surface area (Å²) in [6, 6.07) is 9.40. The molecule has 0 heterocycles. The average Bonchev–Trinajstić information content (AvgIpc) is 2.44. The minimum Gasteiger partial charge on any atom is -0.460 e. The summed E-state index contributed by atoms with van der Waals surface area (Å²) < 4.78 is 5.23. The molecule has 0 saturated heterocycles. The van der Waals surface area contributed by atoms with Gasteiger partial charge in [0.05, 0.1) is 0 Å². The van der Waals surface area contributed by atoms with Gasteiger partial charge in [-0.1, -0.05) is 35.4 Å². The summed E-state index contributed by atoms with van der Waals surface area (Å²) in [4.78, 5) is 14.8. The summed E-state index contributed by atoms with van der Waals surface area (Å²) in [5, 5.41) is 3.60. The summed E-state index contributed by atoms with van der Waals surface area (Å²) in [6.07, 6.45) is 2.40. The van der Waals surface area contributed by atoms with Crippen LogP contribution in [0.5, 0.6) is 0 Å². The normalized spacial score (nSPS) is 13.2. The highest BCUT2D eigenvalue weighted by Gasteiger charge is 2.33. The number of ether oxygens (including phenoxy) is 1. The molecule has 0 N–H and O–H groups in total. The summed E-state index contributed by atoms with van der Waals surface area (Å²) in [6.45, 7) is 1.80. The number of nitrogens with zero attached hydrogens (tertiary/aromatic N) is 3. The van der Waals surface area contributed by atoms with Crippen LogP contribution in [0, 0.1) is 0 Å². The number of esters is 1. The van der Waals surface area contributed by atoms with Gasteiger partial charge in [0.1, 0.15) is 12.1 Å². The van der Waals surface area contributed by atoms with Gasteiger partial charge >= 0.3 is 5.97 Å². The van der Waals surface area contributed by atoms with Gasteiger partial charge in [0.25, 0.3) is 0 Å². The number of thioether (sulfide) groups is 1. The second kappa shape index (κ2) is 7.71. The van der Waals surface area contributed by atoms with Crippen molar-refractivity contribution >= 4 is 17.7 Å². The van der Waals surface area contributed by atoms with Crippen LogP contribution in [0.15, 0.2) is 35.4 Å². The van der Waals surface area contributed by atoms with Crippen LogP contribution in [-0.2, 0) is 16.1 Å². The molecule has 5 nitrogen and oxygen atoms in total. The molecule has 1 rings (SSSR count). The third-order valence-electron chi connectivity index (χ3n) is 2.71. The first kappa shape index (κ1) is 15.4. The highest BCUT2D eigenvalue weighted by molar-refractivity contribution is 7.98. The zero-order valence-electron chi connectivity index (χ0n) is 11.1. The van der Waals surface area contributed by atoms with E-state index in [2.05, 4.69) is 10.0 Å². The molecule has 1 aromatic carbocycles. The van der Waals surface area contributed by atoms with E-state index in [4.69, 9.17) is 10.3 Å². The lowest BCUT2D eigenvalue weighted by atomic mass is 10.0. The van der Waals surface area contributed by atoms with Crippen LogP contribution in [0.3, 0.4) is 0 Å². The van der Waals surface area contributed by atoms with Crippen molar-refractivity contribution in [2.24, 2.45) is 5.11 Å². The fourth-order valence-corrected chi connectivity index (χ4v) is 2.07.